The van der Waals surface area contributed by atoms with E-state index in [1.165, 1.54) is 13.8 Å². The molecule has 0 bridgehead atoms. The number of amides is 1. The molecule has 0 aromatic heterocycles. The number of hydrogen-bond acceptors (Lipinski definition) is 1. The number of rotatable bonds is 5. The maximum atomic E-state index is 12.3. The molecule has 1 N–H and O–H groups in total. The van der Waals surface area contributed by atoms with Gasteiger partial charge >= 0.3 is 12.4 Å². The smallest absolute Gasteiger partial charge is 0.349 e. The lowest BCUT2D eigenvalue weighted by Gasteiger charge is -2.33. The van der Waals surface area contributed by atoms with Gasteiger partial charge in [0, 0.05) is 5.88 Å². The highest BCUT2D eigenvalue weighted by molar-refractivity contribution is 6.18. The van der Waals surface area contributed by atoms with Crippen LogP contribution in [0.2, 0.25) is 0 Å². The van der Waals surface area contributed by atoms with E-state index < -0.39 is 29.7 Å². The van der Waals surface area contributed by atoms with Crippen molar-refractivity contribution < 1.29 is 31.1 Å². The van der Waals surface area contributed by atoms with Gasteiger partial charge in [-0.1, -0.05) is 13.8 Å². The Bertz CT molecular complexity index is 288. The van der Waals surface area contributed by atoms with Gasteiger partial charge in [-0.15, -0.1) is 11.6 Å². The second-order valence-electron chi connectivity index (χ2n) is 4.13. The van der Waals surface area contributed by atoms with Gasteiger partial charge in [-0.2, -0.15) is 26.3 Å². The first-order chi connectivity index (χ1) is 8.43. The molecule has 0 aromatic carbocycles. The van der Waals surface area contributed by atoms with E-state index in [2.05, 4.69) is 0 Å². The van der Waals surface area contributed by atoms with E-state index in [1.807, 2.05) is 0 Å². The van der Waals surface area contributed by atoms with Gasteiger partial charge in [0.25, 0.3) is 0 Å². The second kappa shape index (κ2) is 6.19. The van der Waals surface area contributed by atoms with Crippen molar-refractivity contribution in [2.45, 2.75) is 44.6 Å². The van der Waals surface area contributed by atoms with E-state index in [4.69, 9.17) is 11.6 Å². The molecule has 0 atom stereocenters. The molecule has 0 aliphatic carbocycles. The van der Waals surface area contributed by atoms with E-state index in [0.29, 0.717) is 0 Å². The molecule has 0 spiro atoms. The Kier molecular flexibility index (Phi) is 5.98. The van der Waals surface area contributed by atoms with Gasteiger partial charge in [-0.25, -0.2) is 0 Å². The van der Waals surface area contributed by atoms with E-state index >= 15 is 0 Å². The first-order valence-electron chi connectivity index (χ1n) is 5.45. The van der Waals surface area contributed by atoms with Gasteiger partial charge in [0.1, 0.15) is 0 Å². The van der Waals surface area contributed by atoms with Crippen molar-refractivity contribution in [2.24, 2.45) is 5.92 Å². The van der Waals surface area contributed by atoms with Crippen LogP contribution in [-0.4, -0.2) is 29.7 Å². The third-order valence-corrected chi connectivity index (χ3v) is 3.43. The van der Waals surface area contributed by atoms with Crippen molar-refractivity contribution in [1.82, 2.24) is 5.32 Å². The molecular weight excluding hydrogens is 300 g/mol. The fourth-order valence-corrected chi connectivity index (χ4v) is 1.91. The average molecular weight is 314 g/mol. The zero-order chi connectivity index (χ0) is 15.5. The van der Waals surface area contributed by atoms with Crippen LogP contribution in [0.1, 0.15) is 26.7 Å². The summed E-state index contributed by atoms with van der Waals surface area (Å²) in [6.07, 6.45) is -11.1. The summed E-state index contributed by atoms with van der Waals surface area (Å²) in [6.45, 7) is 3.03. The molecular formula is C10H14ClF6NO. The zero-order valence-electron chi connectivity index (χ0n) is 10.3. The van der Waals surface area contributed by atoms with Crippen LogP contribution < -0.4 is 5.32 Å². The van der Waals surface area contributed by atoms with Crippen molar-refractivity contribution in [1.29, 1.82) is 0 Å². The maximum absolute atomic E-state index is 12.3. The highest BCUT2D eigenvalue weighted by Gasteiger charge is 2.61. The van der Waals surface area contributed by atoms with Crippen molar-refractivity contribution in [3.63, 3.8) is 0 Å². The minimum Gasteiger partial charge on any atom is -0.349 e. The molecule has 0 aromatic rings. The van der Waals surface area contributed by atoms with Crippen LogP contribution in [0.15, 0.2) is 0 Å². The molecule has 9 heteroatoms. The first-order valence-corrected chi connectivity index (χ1v) is 5.98. The van der Waals surface area contributed by atoms with Gasteiger partial charge in [0.05, 0.1) is 5.54 Å². The first kappa shape index (κ1) is 18.3. The average Bonchev–Trinajstić information content (AvgIpc) is 2.22. The molecule has 0 saturated heterocycles. The Morgan fingerprint density at radius 2 is 1.42 bits per heavy atom. The molecule has 0 heterocycles. The van der Waals surface area contributed by atoms with Crippen LogP contribution in [0.4, 0.5) is 26.3 Å². The van der Waals surface area contributed by atoms with Crippen molar-refractivity contribution in [3.8, 4) is 0 Å². The quantitative estimate of drug-likeness (QED) is 0.609. The minimum atomic E-state index is -5.69. The van der Waals surface area contributed by atoms with Gasteiger partial charge in [0.15, 0.2) is 0 Å². The Labute approximate surface area is 111 Å². The predicted octanol–water partition coefficient (Wildman–Crippen LogP) is 3.64. The third kappa shape index (κ3) is 4.74. The Morgan fingerprint density at radius 3 is 1.63 bits per heavy atom. The van der Waals surface area contributed by atoms with Gasteiger partial charge in [-0.05, 0) is 12.8 Å². The summed E-state index contributed by atoms with van der Waals surface area (Å²) < 4.78 is 74.0. The summed E-state index contributed by atoms with van der Waals surface area (Å²) in [7, 11) is 0. The number of carbonyl (C=O) groups excluding carboxylic acids is 1. The van der Waals surface area contributed by atoms with E-state index in [9.17, 15) is 31.1 Å². The molecule has 19 heavy (non-hydrogen) atoms. The fraction of sp³-hybridized carbons (Fsp3) is 0.900. The Balaban J connectivity index is 5.25. The normalized spacial score (nSPS) is 13.8. The maximum Gasteiger partial charge on any atom is 0.409 e. The molecule has 0 aliphatic heterocycles. The monoisotopic (exact) mass is 313 g/mol. The predicted molar refractivity (Wildman–Crippen MR) is 57.8 cm³/mol. The highest BCUT2D eigenvalue weighted by atomic mass is 35.5. The lowest BCUT2D eigenvalue weighted by Crippen LogP contribution is -2.56. The fourth-order valence-electron chi connectivity index (χ4n) is 1.47. The van der Waals surface area contributed by atoms with Gasteiger partial charge in [0.2, 0.25) is 11.8 Å². The summed E-state index contributed by atoms with van der Waals surface area (Å²) in [6, 6.07) is 0. The number of nitrogens with one attached hydrogen (secondary N) is 1. The Hall–Kier alpha value is -0.660. The number of alkyl halides is 7. The SMILES string of the molecule is CCC(CC)(CCl)NC(=O)C(C(F)(F)F)C(F)(F)F. The molecule has 114 valence electrons. The molecule has 0 saturated carbocycles. The molecule has 0 rings (SSSR count). The lowest BCUT2D eigenvalue weighted by molar-refractivity contribution is -0.274. The number of carbonyl (C=O) groups is 1. The number of hydrogen-bond donors (Lipinski definition) is 1. The van der Waals surface area contributed by atoms with Gasteiger partial charge in [-0.3, -0.25) is 4.79 Å². The molecule has 0 unspecified atom stereocenters. The summed E-state index contributed by atoms with van der Waals surface area (Å²) in [5, 5.41) is 1.78. The summed E-state index contributed by atoms with van der Waals surface area (Å²) >= 11 is 5.52. The molecule has 0 fully saturated rings. The topological polar surface area (TPSA) is 29.1 Å². The van der Waals surface area contributed by atoms with Crippen LogP contribution in [0.25, 0.3) is 0 Å². The molecule has 0 aliphatic rings. The zero-order valence-corrected chi connectivity index (χ0v) is 11.0. The van der Waals surface area contributed by atoms with Crippen molar-refractivity contribution in [3.05, 3.63) is 0 Å². The highest BCUT2D eigenvalue weighted by Crippen LogP contribution is 2.39. The van der Waals surface area contributed by atoms with E-state index in [1.54, 1.807) is 5.32 Å². The molecule has 0 radical (unpaired) electrons. The lowest BCUT2D eigenvalue weighted by atomic mass is 9.93. The Morgan fingerprint density at radius 1 is 1.05 bits per heavy atom. The largest absolute Gasteiger partial charge is 0.409 e. The summed E-state index contributed by atoms with van der Waals surface area (Å²) in [5.41, 5.74) is -1.27. The summed E-state index contributed by atoms with van der Waals surface area (Å²) in [5.74, 6) is -6.43. The van der Waals surface area contributed by atoms with Crippen LogP contribution in [0.3, 0.4) is 0 Å². The van der Waals surface area contributed by atoms with Crippen molar-refractivity contribution >= 4 is 17.5 Å². The number of halogens is 7. The van der Waals surface area contributed by atoms with Crippen LogP contribution in [0.5, 0.6) is 0 Å². The third-order valence-electron chi connectivity index (χ3n) is 2.91. The second-order valence-corrected chi connectivity index (χ2v) is 4.39. The van der Waals surface area contributed by atoms with Crippen molar-refractivity contribution in [2.75, 3.05) is 5.88 Å². The van der Waals surface area contributed by atoms with E-state index in [-0.39, 0.29) is 18.7 Å². The van der Waals surface area contributed by atoms with Crippen LogP contribution in [-0.2, 0) is 4.79 Å². The minimum absolute atomic E-state index is 0.126. The molecule has 1 amide bonds. The van der Waals surface area contributed by atoms with Crippen LogP contribution >= 0.6 is 11.6 Å². The molecule has 2 nitrogen and oxygen atoms in total. The van der Waals surface area contributed by atoms with Gasteiger partial charge < -0.3 is 5.32 Å². The van der Waals surface area contributed by atoms with E-state index in [0.717, 1.165) is 0 Å². The standard InChI is InChI=1S/C10H14ClF6NO/c1-3-8(4-2,5-11)18-7(19)6(9(12,13)14)10(15,16)17/h6H,3-5H2,1-2H3,(H,18,19). The summed E-state index contributed by atoms with van der Waals surface area (Å²) in [4.78, 5) is 11.3. The van der Waals surface area contributed by atoms with Crippen LogP contribution in [0, 0.1) is 5.92 Å².